The van der Waals surface area contributed by atoms with E-state index in [0.29, 0.717) is 16.7 Å². The van der Waals surface area contributed by atoms with Crippen molar-refractivity contribution in [1.29, 1.82) is 0 Å². The lowest BCUT2D eigenvalue weighted by atomic mass is 10.4. The van der Waals surface area contributed by atoms with Crippen molar-refractivity contribution < 1.29 is 4.79 Å². The summed E-state index contributed by atoms with van der Waals surface area (Å²) in [7, 11) is 0. The van der Waals surface area contributed by atoms with E-state index in [1.54, 1.807) is 6.20 Å². The predicted molar refractivity (Wildman–Crippen MR) is 65.4 cm³/mol. The normalized spacial score (nSPS) is 10.5. The Morgan fingerprint density at radius 1 is 1.65 bits per heavy atom. The van der Waals surface area contributed by atoms with Crippen molar-refractivity contribution in [2.45, 2.75) is 20.0 Å². The number of halogens is 1. The van der Waals surface area contributed by atoms with Crippen molar-refractivity contribution in [3.05, 3.63) is 34.3 Å². The number of carbonyl (C=O) groups excluding carboxylic acids is 1. The first-order valence-electron chi connectivity index (χ1n) is 5.20. The number of aryl methyl sites for hydroxylation is 1. The highest BCUT2D eigenvalue weighted by Crippen LogP contribution is 2.12. The van der Waals surface area contributed by atoms with Gasteiger partial charge in [0.05, 0.1) is 22.9 Å². The van der Waals surface area contributed by atoms with E-state index in [1.165, 1.54) is 0 Å². The van der Waals surface area contributed by atoms with E-state index < -0.39 is 0 Å². The number of carbonyl (C=O) groups is 1. The Morgan fingerprint density at radius 2 is 2.47 bits per heavy atom. The molecule has 7 heteroatoms. The van der Waals surface area contributed by atoms with Crippen LogP contribution in [0.25, 0.3) is 0 Å². The van der Waals surface area contributed by atoms with Crippen molar-refractivity contribution in [3.63, 3.8) is 0 Å². The third kappa shape index (κ3) is 2.73. The maximum absolute atomic E-state index is 11.7. The summed E-state index contributed by atoms with van der Waals surface area (Å²) in [6.45, 7) is 3.23. The number of hydrogen-bond donors (Lipinski definition) is 2. The Morgan fingerprint density at radius 3 is 3.06 bits per heavy atom. The standard InChI is InChI=1S/C10H12BrN5O/c1-2-16-4-3-7(15-16)5-12-10(17)9-8(11)6-13-14-9/h3-4,6H,2,5H2,1H3,(H,12,17)(H,13,14). The van der Waals surface area contributed by atoms with Gasteiger partial charge in [0, 0.05) is 12.7 Å². The van der Waals surface area contributed by atoms with Crippen LogP contribution in [0.4, 0.5) is 0 Å². The highest BCUT2D eigenvalue weighted by molar-refractivity contribution is 9.10. The number of aromatic amines is 1. The molecule has 0 aromatic carbocycles. The molecule has 0 atom stereocenters. The molecule has 2 aromatic rings. The summed E-state index contributed by atoms with van der Waals surface area (Å²) in [6, 6.07) is 1.88. The van der Waals surface area contributed by atoms with E-state index in [2.05, 4.69) is 36.5 Å². The molecule has 2 aromatic heterocycles. The number of nitrogens with zero attached hydrogens (tertiary/aromatic N) is 3. The number of amides is 1. The smallest absolute Gasteiger partial charge is 0.270 e. The summed E-state index contributed by atoms with van der Waals surface area (Å²) >= 11 is 3.23. The lowest BCUT2D eigenvalue weighted by Gasteiger charge is -2.01. The van der Waals surface area contributed by atoms with Gasteiger partial charge in [0.15, 0.2) is 0 Å². The number of hydrogen-bond acceptors (Lipinski definition) is 3. The molecular weight excluding hydrogens is 286 g/mol. The van der Waals surface area contributed by atoms with Crippen LogP contribution in [-0.2, 0) is 13.1 Å². The van der Waals surface area contributed by atoms with Crippen molar-refractivity contribution in [2.24, 2.45) is 0 Å². The third-order valence-corrected chi connectivity index (χ3v) is 2.87. The molecule has 0 unspecified atom stereocenters. The van der Waals surface area contributed by atoms with Crippen molar-refractivity contribution in [1.82, 2.24) is 25.3 Å². The van der Waals surface area contributed by atoms with Crippen molar-refractivity contribution in [3.8, 4) is 0 Å². The van der Waals surface area contributed by atoms with Gasteiger partial charge < -0.3 is 5.32 Å². The van der Waals surface area contributed by atoms with Gasteiger partial charge in [0.1, 0.15) is 5.69 Å². The Bertz CT molecular complexity index is 518. The van der Waals surface area contributed by atoms with Gasteiger partial charge in [0.2, 0.25) is 0 Å². The molecule has 2 heterocycles. The number of H-pyrrole nitrogens is 1. The summed E-state index contributed by atoms with van der Waals surface area (Å²) < 4.78 is 2.46. The van der Waals surface area contributed by atoms with Crippen molar-refractivity contribution in [2.75, 3.05) is 0 Å². The maximum atomic E-state index is 11.7. The first kappa shape index (κ1) is 11.8. The fraction of sp³-hybridized carbons (Fsp3) is 0.300. The Labute approximate surface area is 107 Å². The minimum absolute atomic E-state index is 0.208. The van der Waals surface area contributed by atoms with Gasteiger partial charge in [-0.1, -0.05) is 0 Å². The van der Waals surface area contributed by atoms with Crippen LogP contribution >= 0.6 is 15.9 Å². The maximum Gasteiger partial charge on any atom is 0.270 e. The van der Waals surface area contributed by atoms with Gasteiger partial charge in [-0.05, 0) is 28.9 Å². The molecule has 2 rings (SSSR count). The van der Waals surface area contributed by atoms with Gasteiger partial charge in [-0.15, -0.1) is 0 Å². The lowest BCUT2D eigenvalue weighted by molar-refractivity contribution is 0.0944. The second-order valence-corrected chi connectivity index (χ2v) is 4.29. The fourth-order valence-electron chi connectivity index (χ4n) is 1.36. The zero-order valence-electron chi connectivity index (χ0n) is 9.27. The quantitative estimate of drug-likeness (QED) is 0.894. The zero-order chi connectivity index (χ0) is 12.3. The lowest BCUT2D eigenvalue weighted by Crippen LogP contribution is -2.23. The highest BCUT2D eigenvalue weighted by Gasteiger charge is 2.11. The molecule has 6 nitrogen and oxygen atoms in total. The van der Waals surface area contributed by atoms with Gasteiger partial charge >= 0.3 is 0 Å². The van der Waals surface area contributed by atoms with Crippen LogP contribution < -0.4 is 5.32 Å². The van der Waals surface area contributed by atoms with Crippen LogP contribution in [-0.4, -0.2) is 25.9 Å². The molecule has 0 aliphatic heterocycles. The molecule has 0 saturated carbocycles. The molecule has 0 aliphatic rings. The number of rotatable bonds is 4. The molecule has 0 saturated heterocycles. The molecule has 17 heavy (non-hydrogen) atoms. The Balaban J connectivity index is 1.94. The second kappa shape index (κ2) is 5.13. The average molecular weight is 298 g/mol. The summed E-state index contributed by atoms with van der Waals surface area (Å²) in [5.74, 6) is -0.208. The van der Waals surface area contributed by atoms with Crippen LogP contribution in [0.15, 0.2) is 22.9 Å². The molecule has 1 amide bonds. The number of aromatic nitrogens is 4. The monoisotopic (exact) mass is 297 g/mol. The van der Waals surface area contributed by atoms with Crippen LogP contribution in [0.3, 0.4) is 0 Å². The van der Waals surface area contributed by atoms with E-state index in [9.17, 15) is 4.79 Å². The van der Waals surface area contributed by atoms with Crippen LogP contribution in [0, 0.1) is 0 Å². The zero-order valence-corrected chi connectivity index (χ0v) is 10.9. The van der Waals surface area contributed by atoms with E-state index >= 15 is 0 Å². The SMILES string of the molecule is CCn1ccc(CNC(=O)c2[nH]ncc2Br)n1. The minimum atomic E-state index is -0.208. The van der Waals surface area contributed by atoms with E-state index in [-0.39, 0.29) is 5.91 Å². The molecule has 0 spiro atoms. The minimum Gasteiger partial charge on any atom is -0.345 e. The van der Waals surface area contributed by atoms with Crippen LogP contribution in [0.5, 0.6) is 0 Å². The van der Waals surface area contributed by atoms with Gasteiger partial charge in [-0.25, -0.2) is 0 Å². The molecule has 2 N–H and O–H groups in total. The van der Waals surface area contributed by atoms with Crippen LogP contribution in [0.1, 0.15) is 23.1 Å². The number of nitrogens with one attached hydrogen (secondary N) is 2. The van der Waals surface area contributed by atoms with E-state index in [1.807, 2.05) is 23.9 Å². The van der Waals surface area contributed by atoms with Gasteiger partial charge in [-0.3, -0.25) is 14.6 Å². The fourth-order valence-corrected chi connectivity index (χ4v) is 1.74. The summed E-state index contributed by atoms with van der Waals surface area (Å²) in [5.41, 5.74) is 1.25. The van der Waals surface area contributed by atoms with Gasteiger partial charge in [0.25, 0.3) is 5.91 Å². The summed E-state index contributed by atoms with van der Waals surface area (Å²) in [5, 5.41) is 13.4. The third-order valence-electron chi connectivity index (χ3n) is 2.27. The molecule has 0 bridgehead atoms. The molecular formula is C10H12BrN5O. The van der Waals surface area contributed by atoms with E-state index in [4.69, 9.17) is 0 Å². The Kier molecular flexibility index (Phi) is 3.58. The highest BCUT2D eigenvalue weighted by atomic mass is 79.9. The molecule has 0 fully saturated rings. The Hall–Kier alpha value is -1.63. The average Bonchev–Trinajstić information content (AvgIpc) is 2.94. The second-order valence-electron chi connectivity index (χ2n) is 3.44. The topological polar surface area (TPSA) is 75.6 Å². The molecule has 90 valence electrons. The first-order valence-corrected chi connectivity index (χ1v) is 5.99. The van der Waals surface area contributed by atoms with Crippen molar-refractivity contribution >= 4 is 21.8 Å². The van der Waals surface area contributed by atoms with E-state index in [0.717, 1.165) is 12.2 Å². The molecule has 0 radical (unpaired) electrons. The summed E-state index contributed by atoms with van der Waals surface area (Å²) in [4.78, 5) is 11.7. The van der Waals surface area contributed by atoms with Crippen LogP contribution in [0.2, 0.25) is 0 Å². The van der Waals surface area contributed by atoms with Gasteiger partial charge in [-0.2, -0.15) is 10.2 Å². The first-order chi connectivity index (χ1) is 8.20. The largest absolute Gasteiger partial charge is 0.345 e. The predicted octanol–water partition coefficient (Wildman–Crippen LogP) is 1.32. The summed E-state index contributed by atoms with van der Waals surface area (Å²) in [6.07, 6.45) is 3.42. The molecule has 0 aliphatic carbocycles.